The molecule has 0 bridgehead atoms. The average molecular weight is 614 g/mol. The summed E-state index contributed by atoms with van der Waals surface area (Å²) in [6.07, 6.45) is 18.2. The lowest BCUT2D eigenvalue weighted by Crippen LogP contribution is -2.14. The third kappa shape index (κ3) is 12.0. The number of nitrogens with zero attached hydrogens (tertiary/aromatic N) is 3. The van der Waals surface area contributed by atoms with E-state index < -0.39 is 0 Å². The number of halogens is 1. The van der Waals surface area contributed by atoms with Gasteiger partial charge >= 0.3 is 5.97 Å². The Hall–Kier alpha value is -2.87. The number of hydrogen-bond acceptors (Lipinski definition) is 5. The summed E-state index contributed by atoms with van der Waals surface area (Å²) >= 11 is 6.53. The highest BCUT2D eigenvalue weighted by Gasteiger charge is 2.24. The van der Waals surface area contributed by atoms with Crippen LogP contribution in [0.5, 0.6) is 0 Å². The molecule has 0 fully saturated rings. The molecule has 0 saturated carbocycles. The van der Waals surface area contributed by atoms with Crippen LogP contribution in [0.1, 0.15) is 136 Å². The minimum Gasteiger partial charge on any atom is -0.466 e. The second-order valence-electron chi connectivity index (χ2n) is 12.7. The van der Waals surface area contributed by atoms with Gasteiger partial charge in [-0.3, -0.25) is 14.7 Å². The minimum absolute atomic E-state index is 0.0739. The number of H-pyrrole nitrogens is 1. The van der Waals surface area contributed by atoms with Crippen molar-refractivity contribution in [1.29, 1.82) is 0 Å². The van der Waals surface area contributed by atoms with Crippen molar-refractivity contribution in [2.75, 3.05) is 11.9 Å². The molecular weight excluding hydrogens is 562 g/mol. The van der Waals surface area contributed by atoms with Gasteiger partial charge in [-0.15, -0.1) is 5.10 Å². The van der Waals surface area contributed by atoms with Crippen LogP contribution in [0.25, 0.3) is 17.0 Å². The van der Waals surface area contributed by atoms with Crippen LogP contribution in [0.3, 0.4) is 0 Å². The van der Waals surface area contributed by atoms with Crippen molar-refractivity contribution >= 4 is 34.8 Å². The summed E-state index contributed by atoms with van der Waals surface area (Å²) in [6.45, 7) is 8.91. The van der Waals surface area contributed by atoms with Crippen LogP contribution < -0.4 is 5.32 Å². The Morgan fingerprint density at radius 2 is 1.42 bits per heavy atom. The van der Waals surface area contributed by atoms with E-state index in [2.05, 4.69) is 48.2 Å². The molecule has 0 radical (unpaired) electrons. The zero-order valence-corrected chi connectivity index (χ0v) is 27.5. The number of rotatable bonds is 20. The fourth-order valence-corrected chi connectivity index (χ4v) is 5.56. The van der Waals surface area contributed by atoms with E-state index in [1.54, 1.807) is 16.8 Å². The molecule has 238 valence electrons. The smallest absolute Gasteiger partial charge is 0.306 e. The van der Waals surface area contributed by atoms with Gasteiger partial charge in [0, 0.05) is 23.1 Å². The summed E-state index contributed by atoms with van der Waals surface area (Å²) in [6, 6.07) is 7.26. The van der Waals surface area contributed by atoms with Gasteiger partial charge in [0.1, 0.15) is 5.02 Å². The molecule has 0 saturated heterocycles. The number of carbonyl (C=O) groups excluding carboxylic acids is 2. The number of fused-ring (bicyclic) bond motifs is 1. The molecule has 2 N–H and O–H groups in total. The standard InChI is InChI=1S/C34H52ClN5O3/c1-5-6-7-8-9-10-11-12-13-14-15-16-17-18-25-43-29(42)24-23-28(41)36-27-21-19-26(20-22-27)32-37-33-30(35)31(34(2,3)4)38-40(33)39-32/h19-22,38H,5-18,23-25H2,1-4H3,(H,36,41). The Kier molecular flexibility index (Phi) is 14.5. The topological polar surface area (TPSA) is 101 Å². The molecule has 8 nitrogen and oxygen atoms in total. The molecular formula is C34H52ClN5O3. The van der Waals surface area contributed by atoms with E-state index in [4.69, 9.17) is 16.3 Å². The summed E-state index contributed by atoms with van der Waals surface area (Å²) in [7, 11) is 0. The first-order valence-electron chi connectivity index (χ1n) is 16.4. The molecule has 3 aromatic rings. The number of anilines is 1. The highest BCUT2D eigenvalue weighted by atomic mass is 35.5. The van der Waals surface area contributed by atoms with Gasteiger partial charge in [-0.05, 0) is 30.7 Å². The first-order valence-corrected chi connectivity index (χ1v) is 16.8. The van der Waals surface area contributed by atoms with Crippen molar-refractivity contribution in [3.8, 4) is 11.4 Å². The summed E-state index contributed by atoms with van der Waals surface area (Å²) < 4.78 is 6.91. The van der Waals surface area contributed by atoms with Crippen LogP contribution >= 0.6 is 11.6 Å². The summed E-state index contributed by atoms with van der Waals surface area (Å²) in [5.41, 5.74) is 2.75. The first-order chi connectivity index (χ1) is 20.7. The highest BCUT2D eigenvalue weighted by Crippen LogP contribution is 2.32. The first kappa shape index (κ1) is 34.6. The van der Waals surface area contributed by atoms with Crippen LogP contribution in [0, 0.1) is 0 Å². The lowest BCUT2D eigenvalue weighted by Gasteiger charge is -2.16. The van der Waals surface area contributed by atoms with Crippen LogP contribution in [-0.2, 0) is 19.7 Å². The second-order valence-corrected chi connectivity index (χ2v) is 13.0. The van der Waals surface area contributed by atoms with Crippen molar-refractivity contribution in [3.63, 3.8) is 0 Å². The Bertz CT molecular complexity index is 1260. The third-order valence-electron chi connectivity index (χ3n) is 7.73. The maximum atomic E-state index is 12.4. The monoisotopic (exact) mass is 613 g/mol. The number of hydrogen-bond donors (Lipinski definition) is 2. The molecule has 43 heavy (non-hydrogen) atoms. The van der Waals surface area contributed by atoms with Gasteiger partial charge in [0.05, 0.1) is 18.7 Å². The van der Waals surface area contributed by atoms with Crippen molar-refractivity contribution in [2.45, 2.75) is 136 Å². The Morgan fingerprint density at radius 3 is 1.95 bits per heavy atom. The van der Waals surface area contributed by atoms with E-state index in [0.717, 1.165) is 24.1 Å². The van der Waals surface area contributed by atoms with Crippen LogP contribution in [-0.4, -0.2) is 38.3 Å². The van der Waals surface area contributed by atoms with Crippen molar-refractivity contribution in [3.05, 3.63) is 35.0 Å². The lowest BCUT2D eigenvalue weighted by atomic mass is 9.92. The normalized spacial score (nSPS) is 11.7. The number of esters is 1. The number of benzene rings is 1. The fraction of sp³-hybridized carbons (Fsp3) is 0.647. The summed E-state index contributed by atoms with van der Waals surface area (Å²) in [5.74, 6) is -0.0146. The van der Waals surface area contributed by atoms with E-state index in [-0.39, 0.29) is 30.1 Å². The molecule has 1 aromatic carbocycles. The minimum atomic E-state index is -0.324. The quantitative estimate of drug-likeness (QED) is 0.0976. The van der Waals surface area contributed by atoms with Gasteiger partial charge in [0.25, 0.3) is 0 Å². The number of aromatic amines is 1. The highest BCUT2D eigenvalue weighted by molar-refractivity contribution is 6.34. The summed E-state index contributed by atoms with van der Waals surface area (Å²) in [4.78, 5) is 29.0. The molecule has 0 aliphatic carbocycles. The van der Waals surface area contributed by atoms with Crippen molar-refractivity contribution in [1.82, 2.24) is 19.8 Å². The van der Waals surface area contributed by atoms with Gasteiger partial charge in [0.15, 0.2) is 11.5 Å². The van der Waals surface area contributed by atoms with E-state index in [9.17, 15) is 9.59 Å². The van der Waals surface area contributed by atoms with Crippen LogP contribution in [0.15, 0.2) is 24.3 Å². The van der Waals surface area contributed by atoms with Gasteiger partial charge < -0.3 is 10.1 Å². The number of unbranched alkanes of at least 4 members (excludes halogenated alkanes) is 13. The maximum absolute atomic E-state index is 12.4. The van der Waals surface area contributed by atoms with Crippen LogP contribution in [0.2, 0.25) is 5.02 Å². The van der Waals surface area contributed by atoms with Gasteiger partial charge in [-0.25, -0.2) is 4.98 Å². The number of aromatic nitrogens is 4. The molecule has 2 heterocycles. The zero-order valence-electron chi connectivity index (χ0n) is 26.8. The Labute approximate surface area is 262 Å². The molecule has 0 spiro atoms. The largest absolute Gasteiger partial charge is 0.466 e. The van der Waals surface area contributed by atoms with E-state index in [0.29, 0.717) is 28.8 Å². The second kappa shape index (κ2) is 18.1. The molecule has 0 aliphatic heterocycles. The van der Waals surface area contributed by atoms with E-state index >= 15 is 0 Å². The number of ether oxygens (including phenoxy) is 1. The summed E-state index contributed by atoms with van der Waals surface area (Å²) in [5, 5.41) is 11.1. The molecule has 0 aliphatic rings. The molecule has 2 aromatic heterocycles. The van der Waals surface area contributed by atoms with Gasteiger partial charge in [0.2, 0.25) is 5.91 Å². The number of carbonyl (C=O) groups is 2. The fourth-order valence-electron chi connectivity index (χ4n) is 5.11. The predicted molar refractivity (Wildman–Crippen MR) is 176 cm³/mol. The predicted octanol–water partition coefficient (Wildman–Crippen LogP) is 9.42. The van der Waals surface area contributed by atoms with Crippen molar-refractivity contribution < 1.29 is 14.3 Å². The molecule has 3 rings (SSSR count). The van der Waals surface area contributed by atoms with E-state index in [1.807, 2.05) is 12.1 Å². The van der Waals surface area contributed by atoms with Gasteiger partial charge in [-0.1, -0.05) is 123 Å². The zero-order chi connectivity index (χ0) is 31.1. The Balaban J connectivity index is 1.23. The SMILES string of the molecule is CCCCCCCCCCCCCCCCOC(=O)CCC(=O)Nc1ccc(-c2nc3c(Cl)c(C(C)(C)C)[nH]n3n2)cc1. The maximum Gasteiger partial charge on any atom is 0.306 e. The Morgan fingerprint density at radius 1 is 0.860 bits per heavy atom. The number of nitrogens with one attached hydrogen (secondary N) is 2. The third-order valence-corrected chi connectivity index (χ3v) is 8.09. The molecule has 0 atom stereocenters. The number of amides is 1. The van der Waals surface area contributed by atoms with Gasteiger partial charge in [-0.2, -0.15) is 4.63 Å². The average Bonchev–Trinajstić information content (AvgIpc) is 3.53. The van der Waals surface area contributed by atoms with E-state index in [1.165, 1.54) is 77.0 Å². The molecule has 9 heteroatoms. The molecule has 1 amide bonds. The molecule has 0 unspecified atom stereocenters. The lowest BCUT2D eigenvalue weighted by molar-refractivity contribution is -0.144. The van der Waals surface area contributed by atoms with Crippen LogP contribution in [0.4, 0.5) is 5.69 Å². The van der Waals surface area contributed by atoms with Crippen molar-refractivity contribution in [2.24, 2.45) is 0 Å².